The first-order valence-corrected chi connectivity index (χ1v) is 10.6. The zero-order chi connectivity index (χ0) is 20.9. The summed E-state index contributed by atoms with van der Waals surface area (Å²) >= 11 is 0. The van der Waals surface area contributed by atoms with E-state index >= 15 is 0 Å². The number of likely N-dealkylation sites (N-methyl/N-ethyl adjacent to an activating group) is 1. The van der Waals surface area contributed by atoms with Crippen LogP contribution in [-0.2, 0) is 0 Å². The van der Waals surface area contributed by atoms with Gasteiger partial charge in [-0.05, 0) is 54.8 Å². The molecule has 2 aromatic carbocycles. The van der Waals surface area contributed by atoms with E-state index in [9.17, 15) is 9.59 Å². The van der Waals surface area contributed by atoms with Gasteiger partial charge in [0.25, 0.3) is 11.5 Å². The predicted molar refractivity (Wildman–Crippen MR) is 121 cm³/mol. The van der Waals surface area contributed by atoms with Crippen molar-refractivity contribution in [2.24, 2.45) is 0 Å². The highest BCUT2D eigenvalue weighted by molar-refractivity contribution is 5.94. The van der Waals surface area contributed by atoms with Crippen molar-refractivity contribution in [1.82, 2.24) is 15.2 Å². The van der Waals surface area contributed by atoms with Crippen LogP contribution in [0.1, 0.15) is 30.1 Å². The lowest BCUT2D eigenvalue weighted by Gasteiger charge is -2.22. The number of aromatic amines is 1. The first-order chi connectivity index (χ1) is 14.7. The van der Waals surface area contributed by atoms with Crippen molar-refractivity contribution in [2.45, 2.75) is 25.8 Å². The Morgan fingerprint density at radius 3 is 2.40 bits per heavy atom. The fourth-order valence-corrected chi connectivity index (χ4v) is 4.14. The van der Waals surface area contributed by atoms with Crippen molar-refractivity contribution >= 4 is 5.91 Å². The Morgan fingerprint density at radius 2 is 1.70 bits per heavy atom. The molecule has 2 heterocycles. The molecule has 154 valence electrons. The van der Waals surface area contributed by atoms with Crippen LogP contribution in [0, 0.1) is 0 Å². The number of pyridine rings is 1. The lowest BCUT2D eigenvalue weighted by Crippen LogP contribution is -2.41. The molecule has 1 saturated heterocycles. The standard InChI is InChI=1S/C25H27N3O2/c1-2-28-16-6-9-21(28)17-26-24(29)22-14-15-23(27-25(22)30)20-12-10-19(11-13-20)18-7-4-3-5-8-18/h3-5,7-8,10-15,21H,2,6,9,16-17H2,1H3,(H,26,29)(H,27,30). The van der Waals surface area contributed by atoms with Crippen LogP contribution in [0.15, 0.2) is 71.5 Å². The van der Waals surface area contributed by atoms with Crippen LogP contribution in [0.2, 0.25) is 0 Å². The van der Waals surface area contributed by atoms with Crippen LogP contribution in [0.5, 0.6) is 0 Å². The lowest BCUT2D eigenvalue weighted by atomic mass is 10.0. The van der Waals surface area contributed by atoms with Crippen molar-refractivity contribution in [1.29, 1.82) is 0 Å². The maximum absolute atomic E-state index is 12.5. The minimum atomic E-state index is -0.365. The molecule has 0 aliphatic carbocycles. The van der Waals surface area contributed by atoms with Gasteiger partial charge in [0.05, 0.1) is 0 Å². The third kappa shape index (κ3) is 4.36. The molecule has 1 atom stereocenters. The number of rotatable bonds is 6. The Hall–Kier alpha value is -3.18. The highest BCUT2D eigenvalue weighted by Gasteiger charge is 2.23. The second-order valence-electron chi connectivity index (χ2n) is 7.69. The molecule has 4 rings (SSSR count). The van der Waals surface area contributed by atoms with Crippen LogP contribution < -0.4 is 10.9 Å². The Kier molecular flexibility index (Phi) is 6.10. The molecule has 1 aromatic heterocycles. The molecule has 1 aliphatic rings. The van der Waals surface area contributed by atoms with Gasteiger partial charge in [0, 0.05) is 18.3 Å². The molecule has 0 radical (unpaired) electrons. The van der Waals surface area contributed by atoms with Crippen LogP contribution in [-0.4, -0.2) is 41.5 Å². The van der Waals surface area contributed by atoms with Crippen LogP contribution >= 0.6 is 0 Å². The van der Waals surface area contributed by atoms with Crippen molar-refractivity contribution in [3.8, 4) is 22.4 Å². The van der Waals surface area contributed by atoms with Gasteiger partial charge in [-0.1, -0.05) is 61.5 Å². The summed E-state index contributed by atoms with van der Waals surface area (Å²) in [5, 5.41) is 2.93. The molecule has 1 fully saturated rings. The zero-order valence-electron chi connectivity index (χ0n) is 17.2. The van der Waals surface area contributed by atoms with E-state index in [1.165, 1.54) is 0 Å². The third-order valence-electron chi connectivity index (χ3n) is 5.86. The van der Waals surface area contributed by atoms with E-state index in [1.54, 1.807) is 12.1 Å². The molecule has 0 saturated carbocycles. The molecule has 3 aromatic rings. The highest BCUT2D eigenvalue weighted by Crippen LogP contribution is 2.23. The topological polar surface area (TPSA) is 65.2 Å². The quantitative estimate of drug-likeness (QED) is 0.658. The van der Waals surface area contributed by atoms with E-state index in [0.717, 1.165) is 42.6 Å². The highest BCUT2D eigenvalue weighted by atomic mass is 16.2. The monoisotopic (exact) mass is 401 g/mol. The normalized spacial score (nSPS) is 16.5. The predicted octanol–water partition coefficient (Wildman–Crippen LogP) is 3.92. The molecule has 1 aliphatic heterocycles. The van der Waals surface area contributed by atoms with Crippen molar-refractivity contribution in [2.75, 3.05) is 19.6 Å². The van der Waals surface area contributed by atoms with E-state index in [1.807, 2.05) is 42.5 Å². The average molecular weight is 402 g/mol. The maximum Gasteiger partial charge on any atom is 0.261 e. The molecule has 30 heavy (non-hydrogen) atoms. The van der Waals surface area contributed by atoms with Gasteiger partial charge in [0.1, 0.15) is 5.56 Å². The number of amides is 1. The largest absolute Gasteiger partial charge is 0.350 e. The van der Waals surface area contributed by atoms with Gasteiger partial charge in [0.15, 0.2) is 0 Å². The number of H-pyrrole nitrogens is 1. The van der Waals surface area contributed by atoms with Gasteiger partial charge in [-0.2, -0.15) is 0 Å². The van der Waals surface area contributed by atoms with Gasteiger partial charge < -0.3 is 10.3 Å². The van der Waals surface area contributed by atoms with Crippen LogP contribution in [0.25, 0.3) is 22.4 Å². The maximum atomic E-state index is 12.5. The van der Waals surface area contributed by atoms with Crippen molar-refractivity contribution in [3.05, 3.63) is 82.6 Å². The van der Waals surface area contributed by atoms with Gasteiger partial charge in [-0.15, -0.1) is 0 Å². The SMILES string of the molecule is CCN1CCCC1CNC(=O)c1ccc(-c2ccc(-c3ccccc3)cc2)[nH]c1=O. The van der Waals surface area contributed by atoms with E-state index < -0.39 is 0 Å². The summed E-state index contributed by atoms with van der Waals surface area (Å²) in [6, 6.07) is 21.9. The fraction of sp³-hybridized carbons (Fsp3) is 0.280. The number of nitrogens with one attached hydrogen (secondary N) is 2. The van der Waals surface area contributed by atoms with Crippen molar-refractivity contribution < 1.29 is 4.79 Å². The number of likely N-dealkylation sites (tertiary alicyclic amines) is 1. The number of carbonyl (C=O) groups excluding carboxylic acids is 1. The van der Waals surface area contributed by atoms with Crippen molar-refractivity contribution in [3.63, 3.8) is 0 Å². The summed E-state index contributed by atoms with van der Waals surface area (Å²) in [7, 11) is 0. The van der Waals surface area contributed by atoms with E-state index in [4.69, 9.17) is 0 Å². The molecule has 0 spiro atoms. The van der Waals surface area contributed by atoms with Crippen LogP contribution in [0.4, 0.5) is 0 Å². The molecule has 2 N–H and O–H groups in total. The summed E-state index contributed by atoms with van der Waals surface area (Å²) in [6.45, 7) is 4.78. The Balaban J connectivity index is 1.45. The second kappa shape index (κ2) is 9.09. The summed E-state index contributed by atoms with van der Waals surface area (Å²) in [5.41, 5.74) is 3.66. The molecule has 5 nitrogen and oxygen atoms in total. The first kappa shape index (κ1) is 20.1. The second-order valence-corrected chi connectivity index (χ2v) is 7.69. The smallest absolute Gasteiger partial charge is 0.261 e. The molecule has 5 heteroatoms. The number of carbonyl (C=O) groups is 1. The minimum absolute atomic E-state index is 0.153. The van der Waals surface area contributed by atoms with E-state index in [2.05, 4.69) is 34.3 Å². The Bertz CT molecular complexity index is 1060. The Morgan fingerprint density at radius 1 is 1.00 bits per heavy atom. The lowest BCUT2D eigenvalue weighted by molar-refractivity contribution is 0.0940. The Labute approximate surface area is 176 Å². The first-order valence-electron chi connectivity index (χ1n) is 10.6. The molecular formula is C25H27N3O2. The summed E-state index contributed by atoms with van der Waals surface area (Å²) in [6.07, 6.45) is 2.25. The average Bonchev–Trinajstić information content (AvgIpc) is 3.26. The third-order valence-corrected chi connectivity index (χ3v) is 5.86. The molecule has 1 unspecified atom stereocenters. The van der Waals surface area contributed by atoms with Gasteiger partial charge in [0.2, 0.25) is 0 Å². The zero-order valence-corrected chi connectivity index (χ0v) is 17.2. The number of aromatic nitrogens is 1. The molecular weight excluding hydrogens is 374 g/mol. The molecule has 0 bridgehead atoms. The summed E-state index contributed by atoms with van der Waals surface area (Å²) < 4.78 is 0. The van der Waals surface area contributed by atoms with E-state index in [0.29, 0.717) is 18.3 Å². The summed E-state index contributed by atoms with van der Waals surface area (Å²) in [5.74, 6) is -0.315. The number of hydrogen-bond acceptors (Lipinski definition) is 3. The van der Waals surface area contributed by atoms with Crippen LogP contribution in [0.3, 0.4) is 0 Å². The molecule has 1 amide bonds. The summed E-state index contributed by atoms with van der Waals surface area (Å²) in [4.78, 5) is 30.3. The van der Waals surface area contributed by atoms with E-state index in [-0.39, 0.29) is 17.0 Å². The van der Waals surface area contributed by atoms with Gasteiger partial charge >= 0.3 is 0 Å². The number of hydrogen-bond donors (Lipinski definition) is 2. The number of benzene rings is 2. The fourth-order valence-electron chi connectivity index (χ4n) is 4.14. The minimum Gasteiger partial charge on any atom is -0.350 e. The van der Waals surface area contributed by atoms with Gasteiger partial charge in [-0.25, -0.2) is 0 Å². The number of nitrogens with zero attached hydrogens (tertiary/aromatic N) is 1. The van der Waals surface area contributed by atoms with Gasteiger partial charge in [-0.3, -0.25) is 14.5 Å².